The fourth-order valence-corrected chi connectivity index (χ4v) is 2.73. The fraction of sp³-hybridized carbons (Fsp3) is 0.500. The Bertz CT molecular complexity index is 528. The molecule has 0 spiro atoms. The molecule has 1 N–H and O–H groups in total. The number of aromatic carboxylic acids is 1. The number of anilines is 1. The van der Waals surface area contributed by atoms with Gasteiger partial charge in [-0.15, -0.1) is 0 Å². The summed E-state index contributed by atoms with van der Waals surface area (Å²) in [5.41, 5.74) is -0.0585. The lowest BCUT2D eigenvalue weighted by molar-refractivity contribution is -0.384. The maximum absolute atomic E-state index is 11.4. The number of ether oxygens (including phenoxy) is 1. The first-order chi connectivity index (χ1) is 9.95. The Labute approximate surface area is 122 Å². The van der Waals surface area contributed by atoms with Crippen LogP contribution in [0.5, 0.6) is 0 Å². The molecular weight excluding hydrogens is 276 g/mol. The van der Waals surface area contributed by atoms with E-state index >= 15 is 0 Å². The number of carboxylic acid groups (broad SMARTS) is 1. The quantitative estimate of drug-likeness (QED) is 0.675. The summed E-state index contributed by atoms with van der Waals surface area (Å²) in [6, 6.07) is 4.12. The summed E-state index contributed by atoms with van der Waals surface area (Å²) in [6.07, 6.45) is 0.726. The van der Waals surface area contributed by atoms with Crippen molar-refractivity contribution in [2.24, 2.45) is 5.92 Å². The highest BCUT2D eigenvalue weighted by molar-refractivity contribution is 5.97. The number of piperidine rings is 1. The Hall–Kier alpha value is -2.15. The molecule has 0 radical (unpaired) electrons. The Morgan fingerprint density at radius 1 is 1.52 bits per heavy atom. The van der Waals surface area contributed by atoms with Crippen LogP contribution in [-0.2, 0) is 4.74 Å². The van der Waals surface area contributed by atoms with Gasteiger partial charge in [-0.25, -0.2) is 4.79 Å². The standard InChI is InChI=1S/C14H18N2O5/c1-9-6-7-15(8-12(9)21-2)13-10(14(17)18)4-3-5-11(13)16(19)20/h3-5,9,12H,6-8H2,1-2H3,(H,17,18). The summed E-state index contributed by atoms with van der Waals surface area (Å²) in [5, 5.41) is 20.5. The van der Waals surface area contributed by atoms with Crippen LogP contribution in [0.25, 0.3) is 0 Å². The first-order valence-corrected chi connectivity index (χ1v) is 6.74. The monoisotopic (exact) mass is 294 g/mol. The molecule has 0 aliphatic carbocycles. The third-order valence-corrected chi connectivity index (χ3v) is 3.95. The highest BCUT2D eigenvalue weighted by atomic mass is 16.6. The van der Waals surface area contributed by atoms with E-state index in [1.54, 1.807) is 12.0 Å². The molecule has 0 amide bonds. The molecule has 1 aromatic rings. The molecule has 0 bridgehead atoms. The van der Waals surface area contributed by atoms with Crippen molar-refractivity contribution in [2.75, 3.05) is 25.1 Å². The van der Waals surface area contributed by atoms with Crippen molar-refractivity contribution >= 4 is 17.3 Å². The Morgan fingerprint density at radius 3 is 2.81 bits per heavy atom. The first kappa shape index (κ1) is 15.2. The summed E-state index contributed by atoms with van der Waals surface area (Å²) in [6.45, 7) is 3.08. The van der Waals surface area contributed by atoms with Crippen molar-refractivity contribution in [3.63, 3.8) is 0 Å². The van der Waals surface area contributed by atoms with Crippen molar-refractivity contribution in [3.05, 3.63) is 33.9 Å². The van der Waals surface area contributed by atoms with Gasteiger partial charge in [0, 0.05) is 26.3 Å². The van der Waals surface area contributed by atoms with Gasteiger partial charge in [-0.1, -0.05) is 13.0 Å². The van der Waals surface area contributed by atoms with Crippen LogP contribution >= 0.6 is 0 Å². The van der Waals surface area contributed by atoms with Crippen molar-refractivity contribution in [1.29, 1.82) is 0 Å². The number of hydrogen-bond acceptors (Lipinski definition) is 5. The second kappa shape index (κ2) is 6.09. The maximum atomic E-state index is 11.4. The predicted octanol–water partition coefficient (Wildman–Crippen LogP) is 2.15. The number of benzene rings is 1. The SMILES string of the molecule is COC1CN(c2c(C(=O)O)cccc2[N+](=O)[O-])CCC1C. The van der Waals surface area contributed by atoms with Gasteiger partial charge < -0.3 is 14.7 Å². The van der Waals surface area contributed by atoms with Crippen LogP contribution in [0.4, 0.5) is 11.4 Å². The van der Waals surface area contributed by atoms with Crippen LogP contribution in [0.3, 0.4) is 0 Å². The molecule has 0 saturated carbocycles. The maximum Gasteiger partial charge on any atom is 0.338 e. The lowest BCUT2D eigenvalue weighted by Crippen LogP contribution is -2.44. The first-order valence-electron chi connectivity index (χ1n) is 6.74. The van der Waals surface area contributed by atoms with E-state index in [4.69, 9.17) is 4.74 Å². The van der Waals surface area contributed by atoms with Crippen LogP contribution < -0.4 is 4.90 Å². The Balaban J connectivity index is 2.46. The lowest BCUT2D eigenvalue weighted by Gasteiger charge is -2.37. The average molecular weight is 294 g/mol. The van der Waals surface area contributed by atoms with Gasteiger partial charge in [-0.05, 0) is 18.4 Å². The van der Waals surface area contributed by atoms with Crippen molar-refractivity contribution in [1.82, 2.24) is 0 Å². The minimum absolute atomic E-state index is 0.0476. The number of para-hydroxylation sites is 1. The molecule has 1 saturated heterocycles. The van der Waals surface area contributed by atoms with Gasteiger partial charge in [0.05, 0.1) is 16.6 Å². The number of nitrogens with zero attached hydrogens (tertiary/aromatic N) is 2. The molecule has 7 heteroatoms. The van der Waals surface area contributed by atoms with E-state index < -0.39 is 10.9 Å². The molecule has 2 atom stereocenters. The molecule has 2 rings (SSSR count). The predicted molar refractivity (Wildman–Crippen MR) is 76.8 cm³/mol. The number of carbonyl (C=O) groups is 1. The third-order valence-electron chi connectivity index (χ3n) is 3.95. The highest BCUT2D eigenvalue weighted by Gasteiger charge is 2.32. The molecule has 21 heavy (non-hydrogen) atoms. The summed E-state index contributed by atoms with van der Waals surface area (Å²) >= 11 is 0. The Kier molecular flexibility index (Phi) is 4.42. The molecule has 1 aliphatic heterocycles. The Morgan fingerprint density at radius 2 is 2.24 bits per heavy atom. The zero-order chi connectivity index (χ0) is 15.6. The van der Waals surface area contributed by atoms with Gasteiger partial charge in [0.2, 0.25) is 0 Å². The van der Waals surface area contributed by atoms with Crippen LogP contribution in [0.15, 0.2) is 18.2 Å². The number of rotatable bonds is 4. The summed E-state index contributed by atoms with van der Waals surface area (Å²) < 4.78 is 5.40. The smallest absolute Gasteiger partial charge is 0.338 e. The van der Waals surface area contributed by atoms with E-state index in [-0.39, 0.29) is 23.0 Å². The molecule has 0 aromatic heterocycles. The summed E-state index contributed by atoms with van der Waals surface area (Å²) in [5.74, 6) is -0.830. The second-order valence-corrected chi connectivity index (χ2v) is 5.22. The van der Waals surface area contributed by atoms with Gasteiger partial charge in [0.25, 0.3) is 5.69 Å². The number of hydrogen-bond donors (Lipinski definition) is 1. The molecular formula is C14H18N2O5. The molecule has 2 unspecified atom stereocenters. The number of nitro groups is 1. The van der Waals surface area contributed by atoms with Gasteiger partial charge >= 0.3 is 5.97 Å². The van der Waals surface area contributed by atoms with E-state index in [0.29, 0.717) is 19.0 Å². The number of nitro benzene ring substituents is 1. The van der Waals surface area contributed by atoms with Crippen LogP contribution in [0, 0.1) is 16.0 Å². The topological polar surface area (TPSA) is 92.9 Å². The van der Waals surface area contributed by atoms with E-state index in [0.717, 1.165) is 6.42 Å². The van der Waals surface area contributed by atoms with E-state index in [9.17, 15) is 20.0 Å². The number of carboxylic acids is 1. The molecule has 1 heterocycles. The molecule has 114 valence electrons. The van der Waals surface area contributed by atoms with Gasteiger partial charge in [-0.2, -0.15) is 0 Å². The van der Waals surface area contributed by atoms with Gasteiger partial charge in [0.15, 0.2) is 0 Å². The minimum atomic E-state index is -1.17. The largest absolute Gasteiger partial charge is 0.478 e. The zero-order valence-corrected chi connectivity index (χ0v) is 12.0. The lowest BCUT2D eigenvalue weighted by atomic mass is 9.94. The van der Waals surface area contributed by atoms with Crippen LogP contribution in [0.1, 0.15) is 23.7 Å². The molecule has 1 aromatic carbocycles. The molecule has 7 nitrogen and oxygen atoms in total. The third kappa shape index (κ3) is 2.97. The van der Waals surface area contributed by atoms with Crippen molar-refractivity contribution in [2.45, 2.75) is 19.4 Å². The normalized spacial score (nSPS) is 22.1. The molecule has 1 fully saturated rings. The van der Waals surface area contributed by atoms with E-state index in [1.165, 1.54) is 18.2 Å². The highest BCUT2D eigenvalue weighted by Crippen LogP contribution is 2.35. The second-order valence-electron chi connectivity index (χ2n) is 5.22. The van der Waals surface area contributed by atoms with Crippen LogP contribution in [0.2, 0.25) is 0 Å². The van der Waals surface area contributed by atoms with Crippen LogP contribution in [-0.4, -0.2) is 42.3 Å². The van der Waals surface area contributed by atoms with Gasteiger partial charge in [-0.3, -0.25) is 10.1 Å². The van der Waals surface area contributed by atoms with Gasteiger partial charge in [0.1, 0.15) is 5.69 Å². The fourth-order valence-electron chi connectivity index (χ4n) is 2.73. The average Bonchev–Trinajstić information content (AvgIpc) is 2.46. The van der Waals surface area contributed by atoms with E-state index in [2.05, 4.69) is 6.92 Å². The summed E-state index contributed by atoms with van der Waals surface area (Å²) in [4.78, 5) is 23.8. The zero-order valence-electron chi connectivity index (χ0n) is 12.0. The minimum Gasteiger partial charge on any atom is -0.478 e. The number of methoxy groups -OCH3 is 1. The summed E-state index contributed by atoms with van der Waals surface area (Å²) in [7, 11) is 1.60. The van der Waals surface area contributed by atoms with Crippen molar-refractivity contribution < 1.29 is 19.6 Å². The van der Waals surface area contributed by atoms with Crippen molar-refractivity contribution in [3.8, 4) is 0 Å². The molecule has 1 aliphatic rings. The van der Waals surface area contributed by atoms with E-state index in [1.807, 2.05) is 0 Å².